The highest BCUT2D eigenvalue weighted by atomic mass is 32.1. The molecule has 1 fully saturated rings. The average molecular weight is 297 g/mol. The van der Waals surface area contributed by atoms with E-state index in [0.717, 1.165) is 30.3 Å². The summed E-state index contributed by atoms with van der Waals surface area (Å²) in [6.07, 6.45) is 1.12. The monoisotopic (exact) mass is 297 g/mol. The Morgan fingerprint density at radius 3 is 3.00 bits per heavy atom. The van der Waals surface area contributed by atoms with Gasteiger partial charge in [-0.25, -0.2) is 4.98 Å². The number of amides is 1. The SMILES string of the molecule is CCN(C(C)=O)c1nc(CN2CCC(C)C2CO)cs1. The van der Waals surface area contributed by atoms with E-state index in [4.69, 9.17) is 0 Å². The second kappa shape index (κ2) is 6.65. The summed E-state index contributed by atoms with van der Waals surface area (Å²) in [5.41, 5.74) is 0.984. The lowest BCUT2D eigenvalue weighted by Crippen LogP contribution is -2.34. The van der Waals surface area contributed by atoms with Gasteiger partial charge in [0.05, 0.1) is 12.3 Å². The Morgan fingerprint density at radius 2 is 2.40 bits per heavy atom. The molecule has 0 radical (unpaired) electrons. The number of aliphatic hydroxyl groups excluding tert-OH is 1. The Morgan fingerprint density at radius 1 is 1.65 bits per heavy atom. The molecule has 0 spiro atoms. The van der Waals surface area contributed by atoms with E-state index in [0.29, 0.717) is 12.5 Å². The number of carbonyl (C=O) groups excluding carboxylic acids is 1. The fourth-order valence-corrected chi connectivity index (χ4v) is 3.70. The van der Waals surface area contributed by atoms with Crippen molar-refractivity contribution in [2.45, 2.75) is 39.8 Å². The first-order chi connectivity index (χ1) is 9.56. The Balaban J connectivity index is 2.04. The highest BCUT2D eigenvalue weighted by molar-refractivity contribution is 7.14. The number of hydrogen-bond acceptors (Lipinski definition) is 5. The minimum atomic E-state index is 0.0245. The molecule has 1 saturated heterocycles. The Bertz CT molecular complexity index is 463. The number of aliphatic hydroxyl groups is 1. The zero-order valence-electron chi connectivity index (χ0n) is 12.4. The van der Waals surface area contributed by atoms with E-state index in [1.54, 1.807) is 11.8 Å². The molecule has 2 rings (SSSR count). The van der Waals surface area contributed by atoms with Gasteiger partial charge in [-0.1, -0.05) is 6.92 Å². The van der Waals surface area contributed by atoms with Gasteiger partial charge in [-0.15, -0.1) is 11.3 Å². The summed E-state index contributed by atoms with van der Waals surface area (Å²) in [6, 6.07) is 0.232. The van der Waals surface area contributed by atoms with Crippen LogP contribution in [0.1, 0.15) is 32.9 Å². The molecule has 1 aromatic rings. The topological polar surface area (TPSA) is 56.7 Å². The van der Waals surface area contributed by atoms with Crippen molar-refractivity contribution >= 4 is 22.4 Å². The standard InChI is InChI=1S/C14H23N3O2S/c1-4-17(11(3)19)14-15-12(9-20-14)7-16-6-5-10(2)13(16)8-18/h9-10,13,18H,4-8H2,1-3H3. The van der Waals surface area contributed by atoms with Crippen molar-refractivity contribution in [2.24, 2.45) is 5.92 Å². The van der Waals surface area contributed by atoms with Crippen LogP contribution in [0.25, 0.3) is 0 Å². The van der Waals surface area contributed by atoms with Gasteiger partial charge in [0.2, 0.25) is 5.91 Å². The van der Waals surface area contributed by atoms with Crippen LogP contribution >= 0.6 is 11.3 Å². The maximum absolute atomic E-state index is 11.5. The van der Waals surface area contributed by atoms with E-state index in [2.05, 4.69) is 16.8 Å². The lowest BCUT2D eigenvalue weighted by Gasteiger charge is -2.24. The van der Waals surface area contributed by atoms with Crippen molar-refractivity contribution in [1.29, 1.82) is 0 Å². The summed E-state index contributed by atoms with van der Waals surface area (Å²) in [5.74, 6) is 0.555. The summed E-state index contributed by atoms with van der Waals surface area (Å²) >= 11 is 1.51. The molecule has 2 unspecified atom stereocenters. The molecule has 2 atom stereocenters. The van der Waals surface area contributed by atoms with E-state index in [-0.39, 0.29) is 18.6 Å². The van der Waals surface area contributed by atoms with Crippen molar-refractivity contribution in [3.05, 3.63) is 11.1 Å². The molecule has 1 aromatic heterocycles. The van der Waals surface area contributed by atoms with Gasteiger partial charge in [0.25, 0.3) is 0 Å². The number of carbonyl (C=O) groups is 1. The summed E-state index contributed by atoms with van der Waals surface area (Å²) < 4.78 is 0. The van der Waals surface area contributed by atoms with Crippen molar-refractivity contribution < 1.29 is 9.90 Å². The molecule has 5 nitrogen and oxygen atoms in total. The van der Waals surface area contributed by atoms with E-state index in [1.807, 2.05) is 12.3 Å². The number of nitrogens with zero attached hydrogens (tertiary/aromatic N) is 3. The maximum Gasteiger partial charge on any atom is 0.225 e. The molecular formula is C14H23N3O2S. The smallest absolute Gasteiger partial charge is 0.225 e. The van der Waals surface area contributed by atoms with Crippen LogP contribution in [0, 0.1) is 5.92 Å². The zero-order chi connectivity index (χ0) is 14.7. The van der Waals surface area contributed by atoms with Crippen molar-refractivity contribution in [1.82, 2.24) is 9.88 Å². The predicted octanol–water partition coefficient (Wildman–Crippen LogP) is 1.72. The molecule has 1 N–H and O–H groups in total. The summed E-state index contributed by atoms with van der Waals surface area (Å²) in [4.78, 5) is 20.1. The van der Waals surface area contributed by atoms with E-state index < -0.39 is 0 Å². The summed E-state index contributed by atoms with van der Waals surface area (Å²) in [5, 5.41) is 12.3. The number of rotatable bonds is 5. The molecular weight excluding hydrogens is 274 g/mol. The van der Waals surface area contributed by atoms with Gasteiger partial charge in [-0.05, 0) is 25.8 Å². The van der Waals surface area contributed by atoms with E-state index in [9.17, 15) is 9.90 Å². The number of anilines is 1. The molecule has 0 aliphatic carbocycles. The van der Waals surface area contributed by atoms with Gasteiger partial charge < -0.3 is 5.11 Å². The van der Waals surface area contributed by atoms with Crippen molar-refractivity contribution in [3.8, 4) is 0 Å². The first-order valence-electron chi connectivity index (χ1n) is 7.14. The Hall–Kier alpha value is -0.980. The zero-order valence-corrected chi connectivity index (χ0v) is 13.2. The van der Waals surface area contributed by atoms with Gasteiger partial charge >= 0.3 is 0 Å². The molecule has 0 saturated carbocycles. The molecule has 1 aliphatic heterocycles. The number of likely N-dealkylation sites (tertiary alicyclic amines) is 1. The summed E-state index contributed by atoms with van der Waals surface area (Å²) in [7, 11) is 0. The quantitative estimate of drug-likeness (QED) is 0.899. The van der Waals surface area contributed by atoms with Gasteiger partial charge in [-0.3, -0.25) is 14.6 Å². The number of aromatic nitrogens is 1. The lowest BCUT2D eigenvalue weighted by atomic mass is 10.0. The first-order valence-corrected chi connectivity index (χ1v) is 8.02. The minimum absolute atomic E-state index is 0.0245. The lowest BCUT2D eigenvalue weighted by molar-refractivity contribution is -0.116. The molecule has 112 valence electrons. The van der Waals surface area contributed by atoms with Crippen molar-refractivity contribution in [3.63, 3.8) is 0 Å². The Kier molecular flexibility index (Phi) is 5.12. The van der Waals surface area contributed by atoms with Gasteiger partial charge in [0.15, 0.2) is 5.13 Å². The van der Waals surface area contributed by atoms with Crippen LogP contribution in [0.4, 0.5) is 5.13 Å². The predicted molar refractivity (Wildman–Crippen MR) is 80.9 cm³/mol. The molecule has 20 heavy (non-hydrogen) atoms. The third kappa shape index (κ3) is 3.19. The van der Waals surface area contributed by atoms with Crippen LogP contribution < -0.4 is 4.90 Å². The van der Waals surface area contributed by atoms with Crippen LogP contribution in [-0.2, 0) is 11.3 Å². The molecule has 0 aromatic carbocycles. The van der Waals surface area contributed by atoms with Gasteiger partial charge in [0, 0.05) is 31.4 Å². The largest absolute Gasteiger partial charge is 0.395 e. The highest BCUT2D eigenvalue weighted by Gasteiger charge is 2.30. The summed E-state index contributed by atoms with van der Waals surface area (Å²) in [6.45, 7) is 8.29. The number of hydrogen-bond donors (Lipinski definition) is 1. The van der Waals surface area contributed by atoms with Crippen LogP contribution in [0.5, 0.6) is 0 Å². The van der Waals surface area contributed by atoms with Crippen molar-refractivity contribution in [2.75, 3.05) is 24.6 Å². The van der Waals surface area contributed by atoms with Gasteiger partial charge in [-0.2, -0.15) is 0 Å². The third-order valence-electron chi connectivity index (χ3n) is 4.02. The molecule has 1 aliphatic rings. The van der Waals surface area contributed by atoms with Crippen LogP contribution in [-0.4, -0.2) is 46.6 Å². The molecule has 1 amide bonds. The molecule has 2 heterocycles. The molecule has 6 heteroatoms. The fourth-order valence-electron chi connectivity index (χ4n) is 2.77. The van der Waals surface area contributed by atoms with Gasteiger partial charge in [0.1, 0.15) is 0 Å². The van der Waals surface area contributed by atoms with Crippen LogP contribution in [0.15, 0.2) is 5.38 Å². The van der Waals surface area contributed by atoms with Crippen LogP contribution in [0.2, 0.25) is 0 Å². The average Bonchev–Trinajstić information content (AvgIpc) is 2.98. The normalized spacial score (nSPS) is 23.2. The third-order valence-corrected chi connectivity index (χ3v) is 4.93. The first kappa shape index (κ1) is 15.4. The minimum Gasteiger partial charge on any atom is -0.395 e. The second-order valence-corrected chi connectivity index (χ2v) is 6.21. The van der Waals surface area contributed by atoms with E-state index in [1.165, 1.54) is 11.3 Å². The second-order valence-electron chi connectivity index (χ2n) is 5.37. The number of thiazole rings is 1. The molecule has 0 bridgehead atoms. The van der Waals surface area contributed by atoms with Crippen LogP contribution in [0.3, 0.4) is 0 Å². The van der Waals surface area contributed by atoms with E-state index >= 15 is 0 Å². The Labute approximate surface area is 124 Å². The highest BCUT2D eigenvalue weighted by Crippen LogP contribution is 2.27. The fraction of sp³-hybridized carbons (Fsp3) is 0.714. The maximum atomic E-state index is 11.5.